The largest absolute Gasteiger partial charge is 0.390 e. The number of nitrogen functional groups attached to an aromatic ring is 1. The van der Waals surface area contributed by atoms with Crippen LogP contribution in [0.25, 0.3) is 10.1 Å². The molecule has 0 fully saturated rings. The van der Waals surface area contributed by atoms with Gasteiger partial charge in [0.05, 0.1) is 9.40 Å². The van der Waals surface area contributed by atoms with Crippen LogP contribution in [0.3, 0.4) is 0 Å². The summed E-state index contributed by atoms with van der Waals surface area (Å²) in [6.45, 7) is 0. The van der Waals surface area contributed by atoms with Crippen molar-refractivity contribution in [2.75, 3.05) is 5.73 Å². The molecule has 0 bridgehead atoms. The fourth-order valence-electron chi connectivity index (χ4n) is 1.24. The zero-order valence-electron chi connectivity index (χ0n) is 6.86. The average Bonchev–Trinajstić information content (AvgIpc) is 2.43. The standard InChI is InChI=1S/C8H5BrN2O2S/c9-6-4-2-1-3-5(11(12)13)7(4)14-8(6)10/h1-3H,10H2. The molecule has 72 valence electrons. The van der Waals surface area contributed by atoms with Gasteiger partial charge in [0.15, 0.2) is 0 Å². The Morgan fingerprint density at radius 1 is 1.50 bits per heavy atom. The number of benzene rings is 1. The van der Waals surface area contributed by atoms with E-state index in [0.29, 0.717) is 9.70 Å². The maximum absolute atomic E-state index is 10.7. The third-order valence-corrected chi connectivity index (χ3v) is 4.03. The lowest BCUT2D eigenvalue weighted by molar-refractivity contribution is -0.382. The third kappa shape index (κ3) is 1.27. The number of anilines is 1. The quantitative estimate of drug-likeness (QED) is 0.641. The molecule has 0 aliphatic rings. The van der Waals surface area contributed by atoms with Gasteiger partial charge in [0.2, 0.25) is 0 Å². The Kier molecular flexibility index (Phi) is 2.16. The molecular formula is C8H5BrN2O2S. The van der Waals surface area contributed by atoms with E-state index in [0.717, 1.165) is 9.86 Å². The first-order valence-corrected chi connectivity index (χ1v) is 5.33. The van der Waals surface area contributed by atoms with Crippen molar-refractivity contribution in [1.82, 2.24) is 0 Å². The molecule has 0 amide bonds. The van der Waals surface area contributed by atoms with Gasteiger partial charge in [-0.3, -0.25) is 10.1 Å². The van der Waals surface area contributed by atoms with Crippen LogP contribution in [-0.2, 0) is 0 Å². The molecule has 0 spiro atoms. The van der Waals surface area contributed by atoms with E-state index in [2.05, 4.69) is 15.9 Å². The maximum atomic E-state index is 10.7. The summed E-state index contributed by atoms with van der Waals surface area (Å²) in [5, 5.41) is 12.0. The van der Waals surface area contributed by atoms with Crippen molar-refractivity contribution >= 4 is 48.0 Å². The number of nitro groups is 1. The van der Waals surface area contributed by atoms with Gasteiger partial charge in [-0.1, -0.05) is 12.1 Å². The van der Waals surface area contributed by atoms with Crippen molar-refractivity contribution in [2.45, 2.75) is 0 Å². The molecule has 1 aromatic carbocycles. The van der Waals surface area contributed by atoms with Crippen LogP contribution >= 0.6 is 27.3 Å². The second-order valence-electron chi connectivity index (χ2n) is 2.69. The number of nitro benzene ring substituents is 1. The van der Waals surface area contributed by atoms with E-state index >= 15 is 0 Å². The second-order valence-corrected chi connectivity index (χ2v) is 4.54. The lowest BCUT2D eigenvalue weighted by atomic mass is 10.2. The number of hydrogen-bond donors (Lipinski definition) is 1. The van der Waals surface area contributed by atoms with Crippen molar-refractivity contribution in [2.24, 2.45) is 0 Å². The summed E-state index contributed by atoms with van der Waals surface area (Å²) in [5.74, 6) is 0. The zero-order chi connectivity index (χ0) is 10.3. The van der Waals surface area contributed by atoms with Crippen LogP contribution in [0.4, 0.5) is 10.7 Å². The number of hydrogen-bond acceptors (Lipinski definition) is 4. The van der Waals surface area contributed by atoms with Gasteiger partial charge >= 0.3 is 0 Å². The first kappa shape index (κ1) is 9.42. The average molecular weight is 273 g/mol. The lowest BCUT2D eigenvalue weighted by Gasteiger charge is -1.92. The number of nitrogens with zero attached hydrogens (tertiary/aromatic N) is 1. The van der Waals surface area contributed by atoms with E-state index in [-0.39, 0.29) is 5.69 Å². The molecule has 0 aliphatic carbocycles. The Bertz CT molecular complexity index is 523. The maximum Gasteiger partial charge on any atom is 0.287 e. The van der Waals surface area contributed by atoms with Crippen molar-refractivity contribution in [1.29, 1.82) is 0 Å². The Hall–Kier alpha value is -1.14. The number of non-ortho nitro benzene ring substituents is 1. The van der Waals surface area contributed by atoms with Gasteiger partial charge in [0.1, 0.15) is 9.70 Å². The Balaban J connectivity index is 2.88. The SMILES string of the molecule is Nc1sc2c([N+](=O)[O-])cccc2c1Br. The zero-order valence-corrected chi connectivity index (χ0v) is 9.26. The lowest BCUT2D eigenvalue weighted by Crippen LogP contribution is -1.86. The Morgan fingerprint density at radius 3 is 2.86 bits per heavy atom. The molecule has 0 unspecified atom stereocenters. The molecule has 2 N–H and O–H groups in total. The van der Waals surface area contributed by atoms with Gasteiger partial charge in [-0.25, -0.2) is 0 Å². The van der Waals surface area contributed by atoms with E-state index < -0.39 is 4.92 Å². The normalized spacial score (nSPS) is 10.6. The highest BCUT2D eigenvalue weighted by Gasteiger charge is 2.16. The summed E-state index contributed by atoms with van der Waals surface area (Å²) in [7, 11) is 0. The molecule has 0 aliphatic heterocycles. The molecule has 0 saturated carbocycles. The molecule has 2 aromatic rings. The smallest absolute Gasteiger partial charge is 0.287 e. The van der Waals surface area contributed by atoms with Crippen molar-refractivity contribution < 1.29 is 4.92 Å². The van der Waals surface area contributed by atoms with E-state index in [4.69, 9.17) is 5.73 Å². The molecule has 1 heterocycles. The van der Waals surface area contributed by atoms with Gasteiger partial charge in [-0.05, 0) is 15.9 Å². The summed E-state index contributed by atoms with van der Waals surface area (Å²) in [5.41, 5.74) is 5.77. The second kappa shape index (κ2) is 3.21. The van der Waals surface area contributed by atoms with Gasteiger partial charge in [0.25, 0.3) is 5.69 Å². The minimum absolute atomic E-state index is 0.102. The summed E-state index contributed by atoms with van der Waals surface area (Å²) in [6, 6.07) is 4.93. The molecule has 4 nitrogen and oxygen atoms in total. The van der Waals surface area contributed by atoms with Crippen molar-refractivity contribution in [3.05, 3.63) is 32.8 Å². The summed E-state index contributed by atoms with van der Waals surface area (Å²) < 4.78 is 1.35. The van der Waals surface area contributed by atoms with Crippen molar-refractivity contribution in [3.8, 4) is 0 Å². The number of nitrogens with two attached hydrogens (primary N) is 1. The van der Waals surface area contributed by atoms with Crippen LogP contribution in [-0.4, -0.2) is 4.92 Å². The molecule has 1 aromatic heterocycles. The molecule has 14 heavy (non-hydrogen) atoms. The van der Waals surface area contributed by atoms with E-state index in [1.165, 1.54) is 17.4 Å². The molecular weight excluding hydrogens is 268 g/mol. The van der Waals surface area contributed by atoms with Crippen LogP contribution in [0.5, 0.6) is 0 Å². The molecule has 0 atom stereocenters. The van der Waals surface area contributed by atoms with Crippen LogP contribution in [0.1, 0.15) is 0 Å². The highest BCUT2D eigenvalue weighted by Crippen LogP contribution is 2.41. The predicted molar refractivity (Wildman–Crippen MR) is 60.6 cm³/mol. The van der Waals surface area contributed by atoms with Gasteiger partial charge < -0.3 is 5.73 Å². The Morgan fingerprint density at radius 2 is 2.21 bits per heavy atom. The van der Waals surface area contributed by atoms with E-state index in [1.54, 1.807) is 12.1 Å². The molecule has 6 heteroatoms. The topological polar surface area (TPSA) is 69.2 Å². The predicted octanol–water partition coefficient (Wildman–Crippen LogP) is 3.15. The monoisotopic (exact) mass is 272 g/mol. The minimum Gasteiger partial charge on any atom is -0.390 e. The van der Waals surface area contributed by atoms with Crippen LogP contribution in [0, 0.1) is 10.1 Å². The van der Waals surface area contributed by atoms with Gasteiger partial charge in [-0.2, -0.15) is 0 Å². The van der Waals surface area contributed by atoms with Crippen LogP contribution in [0.2, 0.25) is 0 Å². The molecule has 0 saturated heterocycles. The minimum atomic E-state index is -0.398. The third-order valence-electron chi connectivity index (χ3n) is 1.86. The number of rotatable bonds is 1. The molecule has 2 rings (SSSR count). The fraction of sp³-hybridized carbons (Fsp3) is 0. The van der Waals surface area contributed by atoms with E-state index in [9.17, 15) is 10.1 Å². The summed E-state index contributed by atoms with van der Waals surface area (Å²) in [4.78, 5) is 10.3. The summed E-state index contributed by atoms with van der Waals surface area (Å²) in [6.07, 6.45) is 0. The first-order chi connectivity index (χ1) is 6.61. The number of fused-ring (bicyclic) bond motifs is 1. The first-order valence-electron chi connectivity index (χ1n) is 3.72. The fourth-order valence-corrected chi connectivity index (χ4v) is 2.89. The highest BCUT2D eigenvalue weighted by molar-refractivity contribution is 9.10. The Labute approximate surface area is 91.6 Å². The number of halogens is 1. The summed E-state index contributed by atoms with van der Waals surface area (Å²) >= 11 is 4.52. The van der Waals surface area contributed by atoms with Crippen LogP contribution < -0.4 is 5.73 Å². The van der Waals surface area contributed by atoms with Crippen molar-refractivity contribution in [3.63, 3.8) is 0 Å². The van der Waals surface area contributed by atoms with Gasteiger partial charge in [0, 0.05) is 11.5 Å². The number of thiophene rings is 1. The van der Waals surface area contributed by atoms with E-state index in [1.807, 2.05) is 0 Å². The van der Waals surface area contributed by atoms with Crippen LogP contribution in [0.15, 0.2) is 22.7 Å². The highest BCUT2D eigenvalue weighted by atomic mass is 79.9. The molecule has 0 radical (unpaired) electrons. The van der Waals surface area contributed by atoms with Gasteiger partial charge in [-0.15, -0.1) is 11.3 Å².